The van der Waals surface area contributed by atoms with Gasteiger partial charge in [-0.05, 0) is 31.7 Å². The number of hydrogen-bond acceptors (Lipinski definition) is 2. The van der Waals surface area contributed by atoms with Crippen LogP contribution in [0.25, 0.3) is 6.08 Å². The monoisotopic (exact) mass is 243 g/mol. The Morgan fingerprint density at radius 1 is 1.39 bits per heavy atom. The van der Waals surface area contributed by atoms with Gasteiger partial charge in [0.05, 0.1) is 0 Å². The van der Waals surface area contributed by atoms with Gasteiger partial charge in [0.15, 0.2) is 5.78 Å². The highest BCUT2D eigenvalue weighted by Gasteiger charge is 2.14. The summed E-state index contributed by atoms with van der Waals surface area (Å²) < 4.78 is 0. The quantitative estimate of drug-likeness (QED) is 0.622. The van der Waals surface area contributed by atoms with E-state index >= 15 is 0 Å². The highest BCUT2D eigenvalue weighted by atomic mass is 16.1. The van der Waals surface area contributed by atoms with E-state index in [9.17, 15) is 4.79 Å². The van der Waals surface area contributed by atoms with Gasteiger partial charge in [0.1, 0.15) is 0 Å². The molecule has 1 aromatic rings. The Kier molecular flexibility index (Phi) is 4.19. The second kappa shape index (κ2) is 5.85. The van der Waals surface area contributed by atoms with Gasteiger partial charge in [-0.1, -0.05) is 37.1 Å². The van der Waals surface area contributed by atoms with Gasteiger partial charge in [0.25, 0.3) is 0 Å². The number of allylic oxidation sites excluding steroid dienone is 1. The third kappa shape index (κ3) is 2.81. The van der Waals surface area contributed by atoms with Gasteiger partial charge in [-0.2, -0.15) is 0 Å². The molecule has 1 fully saturated rings. The zero-order valence-corrected chi connectivity index (χ0v) is 11.0. The first kappa shape index (κ1) is 12.9. The van der Waals surface area contributed by atoms with E-state index < -0.39 is 0 Å². The number of anilines is 1. The predicted molar refractivity (Wildman–Crippen MR) is 76.5 cm³/mol. The Balaban J connectivity index is 2.28. The summed E-state index contributed by atoms with van der Waals surface area (Å²) in [7, 11) is 0. The lowest BCUT2D eigenvalue weighted by Crippen LogP contribution is -2.05. The molecule has 96 valence electrons. The summed E-state index contributed by atoms with van der Waals surface area (Å²) in [6.45, 7) is 2.10. The first-order valence-electron chi connectivity index (χ1n) is 6.83. The van der Waals surface area contributed by atoms with Gasteiger partial charge in [0, 0.05) is 23.2 Å². The van der Waals surface area contributed by atoms with Crippen LogP contribution in [-0.4, -0.2) is 5.78 Å². The third-order valence-electron chi connectivity index (χ3n) is 3.54. The number of Topliss-reactive ketones (excluding diaryl/α,β-unsaturated/α-hetero) is 1. The van der Waals surface area contributed by atoms with E-state index in [0.717, 1.165) is 42.5 Å². The maximum atomic E-state index is 12.2. The van der Waals surface area contributed by atoms with Crippen LogP contribution in [0.5, 0.6) is 0 Å². The summed E-state index contributed by atoms with van der Waals surface area (Å²) in [6.07, 6.45) is 8.30. The Bertz CT molecular complexity index is 468. The van der Waals surface area contributed by atoms with Gasteiger partial charge in [-0.3, -0.25) is 4.79 Å². The fourth-order valence-electron chi connectivity index (χ4n) is 2.19. The van der Waals surface area contributed by atoms with Crippen molar-refractivity contribution in [2.75, 3.05) is 5.73 Å². The van der Waals surface area contributed by atoms with Crippen molar-refractivity contribution in [1.29, 1.82) is 0 Å². The van der Waals surface area contributed by atoms with Crippen molar-refractivity contribution in [3.8, 4) is 0 Å². The standard InChI is InChI=1S/C16H21NO/c1-2-3-10-16(18)13-8-5-9-15(17)14(13)11-12-6-4-7-12/h5,8-9,11H,2-4,6-7,10,17H2,1H3. The topological polar surface area (TPSA) is 43.1 Å². The van der Waals surface area contributed by atoms with Gasteiger partial charge in [0.2, 0.25) is 0 Å². The molecule has 0 saturated heterocycles. The predicted octanol–water partition coefficient (Wildman–Crippen LogP) is 4.21. The number of carbonyl (C=O) groups excluding carboxylic acids is 1. The lowest BCUT2D eigenvalue weighted by molar-refractivity contribution is 0.0979. The van der Waals surface area contributed by atoms with Crippen molar-refractivity contribution in [1.82, 2.24) is 0 Å². The van der Waals surface area contributed by atoms with E-state index in [0.29, 0.717) is 6.42 Å². The van der Waals surface area contributed by atoms with Crippen LogP contribution in [0.2, 0.25) is 0 Å². The summed E-state index contributed by atoms with van der Waals surface area (Å²) >= 11 is 0. The molecule has 2 rings (SSSR count). The molecule has 2 heteroatoms. The molecule has 1 aliphatic rings. The molecule has 1 saturated carbocycles. The first-order chi connectivity index (χ1) is 8.72. The summed E-state index contributed by atoms with van der Waals surface area (Å²) in [6, 6.07) is 5.65. The van der Waals surface area contributed by atoms with Crippen LogP contribution in [0.15, 0.2) is 23.8 Å². The van der Waals surface area contributed by atoms with E-state index in [4.69, 9.17) is 5.73 Å². The van der Waals surface area contributed by atoms with Crippen LogP contribution in [0.1, 0.15) is 61.4 Å². The van der Waals surface area contributed by atoms with Gasteiger partial charge < -0.3 is 5.73 Å². The minimum absolute atomic E-state index is 0.218. The molecule has 0 spiro atoms. The first-order valence-corrected chi connectivity index (χ1v) is 6.83. The molecule has 0 radical (unpaired) electrons. The van der Waals surface area contributed by atoms with Crippen molar-refractivity contribution < 1.29 is 4.79 Å². The largest absolute Gasteiger partial charge is 0.398 e. The molecule has 0 heterocycles. The summed E-state index contributed by atoms with van der Waals surface area (Å²) in [5.41, 5.74) is 9.88. The van der Waals surface area contributed by atoms with E-state index in [1.54, 1.807) is 0 Å². The molecule has 2 nitrogen and oxygen atoms in total. The minimum Gasteiger partial charge on any atom is -0.398 e. The fraction of sp³-hybridized carbons (Fsp3) is 0.438. The number of benzene rings is 1. The second-order valence-corrected chi connectivity index (χ2v) is 4.99. The van der Waals surface area contributed by atoms with Crippen molar-refractivity contribution in [2.45, 2.75) is 45.4 Å². The van der Waals surface area contributed by atoms with Gasteiger partial charge >= 0.3 is 0 Å². The molecular formula is C16H21NO. The molecule has 0 bridgehead atoms. The summed E-state index contributed by atoms with van der Waals surface area (Å²) in [5.74, 6) is 0.218. The van der Waals surface area contributed by atoms with Crippen LogP contribution in [0, 0.1) is 0 Å². The molecule has 0 aromatic heterocycles. The highest BCUT2D eigenvalue weighted by Crippen LogP contribution is 2.31. The van der Waals surface area contributed by atoms with E-state index in [-0.39, 0.29) is 5.78 Å². The van der Waals surface area contributed by atoms with Crippen molar-refractivity contribution >= 4 is 17.5 Å². The van der Waals surface area contributed by atoms with Crippen LogP contribution >= 0.6 is 0 Å². The van der Waals surface area contributed by atoms with E-state index in [1.165, 1.54) is 12.0 Å². The van der Waals surface area contributed by atoms with Crippen LogP contribution in [0.4, 0.5) is 5.69 Å². The number of nitrogens with two attached hydrogens (primary N) is 1. The summed E-state index contributed by atoms with van der Waals surface area (Å²) in [5, 5.41) is 0. The van der Waals surface area contributed by atoms with Crippen molar-refractivity contribution in [2.24, 2.45) is 0 Å². The van der Waals surface area contributed by atoms with Crippen LogP contribution in [0.3, 0.4) is 0 Å². The van der Waals surface area contributed by atoms with E-state index in [1.807, 2.05) is 18.2 Å². The average Bonchev–Trinajstić information content (AvgIpc) is 2.32. The number of rotatable bonds is 5. The van der Waals surface area contributed by atoms with Crippen molar-refractivity contribution in [3.63, 3.8) is 0 Å². The Labute approximate surface area is 109 Å². The molecule has 0 atom stereocenters. The molecule has 1 aromatic carbocycles. The zero-order chi connectivity index (χ0) is 13.0. The lowest BCUT2D eigenvalue weighted by atomic mass is 9.88. The van der Waals surface area contributed by atoms with Crippen molar-refractivity contribution in [3.05, 3.63) is 34.9 Å². The molecule has 0 unspecified atom stereocenters. The Morgan fingerprint density at radius 2 is 2.17 bits per heavy atom. The second-order valence-electron chi connectivity index (χ2n) is 4.99. The highest BCUT2D eigenvalue weighted by molar-refractivity contribution is 6.01. The molecule has 0 amide bonds. The fourth-order valence-corrected chi connectivity index (χ4v) is 2.19. The minimum atomic E-state index is 0.218. The SMILES string of the molecule is CCCCC(=O)c1cccc(N)c1C=C1CCC1. The van der Waals surface area contributed by atoms with Gasteiger partial charge in [-0.15, -0.1) is 0 Å². The molecule has 18 heavy (non-hydrogen) atoms. The number of hydrogen-bond donors (Lipinski definition) is 1. The maximum absolute atomic E-state index is 12.2. The number of nitrogen functional groups attached to an aromatic ring is 1. The number of carbonyl (C=O) groups is 1. The Hall–Kier alpha value is -1.57. The molecule has 0 aliphatic heterocycles. The maximum Gasteiger partial charge on any atom is 0.163 e. The number of ketones is 1. The van der Waals surface area contributed by atoms with Gasteiger partial charge in [-0.25, -0.2) is 0 Å². The number of unbranched alkanes of at least 4 members (excludes halogenated alkanes) is 1. The normalized spacial score (nSPS) is 14.2. The average molecular weight is 243 g/mol. The third-order valence-corrected chi connectivity index (χ3v) is 3.54. The summed E-state index contributed by atoms with van der Waals surface area (Å²) in [4.78, 5) is 12.2. The van der Waals surface area contributed by atoms with Crippen LogP contribution in [-0.2, 0) is 0 Å². The zero-order valence-electron chi connectivity index (χ0n) is 11.0. The smallest absolute Gasteiger partial charge is 0.163 e. The lowest BCUT2D eigenvalue weighted by Gasteiger charge is -2.17. The molecule has 2 N–H and O–H groups in total. The molecule has 1 aliphatic carbocycles. The van der Waals surface area contributed by atoms with E-state index in [2.05, 4.69) is 13.0 Å². The van der Waals surface area contributed by atoms with Crippen LogP contribution < -0.4 is 5.73 Å². The molecular weight excluding hydrogens is 222 g/mol. The Morgan fingerprint density at radius 3 is 2.78 bits per heavy atom.